The number of carbonyl (C=O) groups excluding carboxylic acids is 1. The van der Waals surface area contributed by atoms with Gasteiger partial charge in [0, 0.05) is 0 Å². The van der Waals surface area contributed by atoms with E-state index >= 15 is 0 Å². The number of carbonyl (C=O) groups is 2. The predicted octanol–water partition coefficient (Wildman–Crippen LogP) is 2.01. The molecule has 19 heavy (non-hydrogen) atoms. The summed E-state index contributed by atoms with van der Waals surface area (Å²) in [6.07, 6.45) is 0. The normalized spacial score (nSPS) is 11.8. The number of aromatic nitrogens is 1. The fourth-order valence-electron chi connectivity index (χ4n) is 1.65. The fourth-order valence-corrected chi connectivity index (χ4v) is 2.36. The number of carboxylic acids is 1. The van der Waals surface area contributed by atoms with Gasteiger partial charge in [0.05, 0.1) is 11.2 Å². The van der Waals surface area contributed by atoms with Crippen LogP contribution < -0.4 is 5.32 Å². The SMILES string of the molecule is Cc1ncsc1C(=O)NC(C(=O)O)c1ccccc1. The van der Waals surface area contributed by atoms with E-state index in [1.165, 1.54) is 11.3 Å². The second kappa shape index (κ2) is 5.62. The van der Waals surface area contributed by atoms with Crippen LogP contribution in [-0.2, 0) is 4.79 Å². The van der Waals surface area contributed by atoms with Crippen molar-refractivity contribution in [2.24, 2.45) is 0 Å². The highest BCUT2D eigenvalue weighted by Crippen LogP contribution is 2.17. The molecule has 6 heteroatoms. The van der Waals surface area contributed by atoms with Crippen LogP contribution in [0.2, 0.25) is 0 Å². The molecular formula is C13H12N2O3S. The number of aliphatic carboxylic acids is 1. The lowest BCUT2D eigenvalue weighted by atomic mass is 10.1. The van der Waals surface area contributed by atoms with Crippen LogP contribution in [0.15, 0.2) is 35.8 Å². The van der Waals surface area contributed by atoms with Crippen LogP contribution in [0.5, 0.6) is 0 Å². The predicted molar refractivity (Wildman–Crippen MR) is 71.1 cm³/mol. The van der Waals surface area contributed by atoms with Gasteiger partial charge >= 0.3 is 5.97 Å². The molecule has 0 bridgehead atoms. The van der Waals surface area contributed by atoms with Crippen molar-refractivity contribution in [2.45, 2.75) is 13.0 Å². The standard InChI is InChI=1S/C13H12N2O3S/c1-8-11(19-7-14-8)12(16)15-10(13(17)18)9-5-3-2-4-6-9/h2-7,10H,1H3,(H,15,16)(H,17,18). The molecule has 2 N–H and O–H groups in total. The van der Waals surface area contributed by atoms with Gasteiger partial charge in [-0.3, -0.25) is 4.79 Å². The number of carboxylic acid groups (broad SMARTS) is 1. The van der Waals surface area contributed by atoms with Gasteiger partial charge in [0.2, 0.25) is 0 Å². The Hall–Kier alpha value is -2.21. The molecule has 5 nitrogen and oxygen atoms in total. The van der Waals surface area contributed by atoms with E-state index in [2.05, 4.69) is 10.3 Å². The van der Waals surface area contributed by atoms with Crippen LogP contribution in [0, 0.1) is 6.92 Å². The van der Waals surface area contributed by atoms with Crippen LogP contribution in [-0.4, -0.2) is 22.0 Å². The third-order valence-electron chi connectivity index (χ3n) is 2.61. The molecular weight excluding hydrogens is 264 g/mol. The van der Waals surface area contributed by atoms with Crippen molar-refractivity contribution in [1.82, 2.24) is 10.3 Å². The maximum atomic E-state index is 12.0. The number of rotatable bonds is 4. The van der Waals surface area contributed by atoms with Crippen molar-refractivity contribution < 1.29 is 14.7 Å². The van der Waals surface area contributed by atoms with Crippen LogP contribution in [0.25, 0.3) is 0 Å². The molecule has 1 aromatic carbocycles. The van der Waals surface area contributed by atoms with Crippen molar-refractivity contribution in [1.29, 1.82) is 0 Å². The number of benzene rings is 1. The molecule has 0 fully saturated rings. The highest BCUT2D eigenvalue weighted by atomic mass is 32.1. The van der Waals surface area contributed by atoms with Gasteiger partial charge in [-0.2, -0.15) is 0 Å². The minimum atomic E-state index is -1.10. The van der Waals surface area contributed by atoms with Gasteiger partial charge in [0.15, 0.2) is 6.04 Å². The summed E-state index contributed by atoms with van der Waals surface area (Å²) in [7, 11) is 0. The molecule has 1 heterocycles. The molecule has 0 spiro atoms. The van der Waals surface area contributed by atoms with E-state index in [0.717, 1.165) is 0 Å². The Kier molecular flexibility index (Phi) is 3.91. The molecule has 0 saturated heterocycles. The summed E-state index contributed by atoms with van der Waals surface area (Å²) >= 11 is 1.19. The summed E-state index contributed by atoms with van der Waals surface area (Å²) in [5, 5.41) is 11.7. The zero-order valence-corrected chi connectivity index (χ0v) is 11.0. The minimum Gasteiger partial charge on any atom is -0.479 e. The summed E-state index contributed by atoms with van der Waals surface area (Å²) in [4.78, 5) is 27.7. The second-order valence-corrected chi connectivity index (χ2v) is 4.78. The summed E-state index contributed by atoms with van der Waals surface area (Å²) in [5.74, 6) is -1.52. The minimum absolute atomic E-state index is 0.420. The van der Waals surface area contributed by atoms with Crippen LogP contribution in [0.4, 0.5) is 0 Å². The van der Waals surface area contributed by atoms with Gasteiger partial charge in [-0.05, 0) is 12.5 Å². The molecule has 1 atom stereocenters. The Morgan fingerprint density at radius 3 is 2.53 bits per heavy atom. The molecule has 2 rings (SSSR count). The lowest BCUT2D eigenvalue weighted by Gasteiger charge is -2.14. The molecule has 0 radical (unpaired) electrons. The first-order chi connectivity index (χ1) is 9.09. The molecule has 98 valence electrons. The summed E-state index contributed by atoms with van der Waals surface area (Å²) in [5.41, 5.74) is 2.69. The Bertz CT molecular complexity index is 595. The third-order valence-corrected chi connectivity index (χ3v) is 3.53. The van der Waals surface area contributed by atoms with E-state index in [0.29, 0.717) is 16.1 Å². The molecule has 2 aromatic rings. The maximum absolute atomic E-state index is 12.0. The van der Waals surface area contributed by atoms with E-state index in [4.69, 9.17) is 0 Å². The first-order valence-corrected chi connectivity index (χ1v) is 6.46. The van der Waals surface area contributed by atoms with E-state index in [9.17, 15) is 14.7 Å². The lowest BCUT2D eigenvalue weighted by Crippen LogP contribution is -2.33. The Balaban J connectivity index is 2.21. The van der Waals surface area contributed by atoms with Crippen molar-refractivity contribution in [3.63, 3.8) is 0 Å². The topological polar surface area (TPSA) is 79.3 Å². The Morgan fingerprint density at radius 2 is 2.00 bits per heavy atom. The highest BCUT2D eigenvalue weighted by Gasteiger charge is 2.23. The number of amides is 1. The molecule has 1 aromatic heterocycles. The summed E-state index contributed by atoms with van der Waals surface area (Å²) < 4.78 is 0. The molecule has 0 aliphatic rings. The van der Waals surface area contributed by atoms with Crippen molar-refractivity contribution in [3.8, 4) is 0 Å². The van der Waals surface area contributed by atoms with Crippen molar-refractivity contribution in [3.05, 3.63) is 52.0 Å². The van der Waals surface area contributed by atoms with Crippen molar-refractivity contribution in [2.75, 3.05) is 0 Å². The number of nitrogens with zero attached hydrogens (tertiary/aromatic N) is 1. The first kappa shape index (κ1) is 13.2. The lowest BCUT2D eigenvalue weighted by molar-refractivity contribution is -0.139. The van der Waals surface area contributed by atoms with Gasteiger partial charge in [-0.25, -0.2) is 9.78 Å². The molecule has 0 saturated carbocycles. The molecule has 1 amide bonds. The molecule has 0 aliphatic heterocycles. The number of thiazole rings is 1. The number of nitrogens with one attached hydrogen (secondary N) is 1. The maximum Gasteiger partial charge on any atom is 0.330 e. The summed E-state index contributed by atoms with van der Waals surface area (Å²) in [6.45, 7) is 1.71. The van der Waals surface area contributed by atoms with Gasteiger partial charge in [0.1, 0.15) is 4.88 Å². The average Bonchev–Trinajstić information content (AvgIpc) is 2.82. The smallest absolute Gasteiger partial charge is 0.330 e. The van der Waals surface area contributed by atoms with Gasteiger partial charge < -0.3 is 10.4 Å². The molecule has 1 unspecified atom stereocenters. The van der Waals surface area contributed by atoms with Crippen molar-refractivity contribution >= 4 is 23.2 Å². The van der Waals surface area contributed by atoms with Crippen LogP contribution in [0.3, 0.4) is 0 Å². The van der Waals surface area contributed by atoms with E-state index in [1.807, 2.05) is 0 Å². The molecule has 0 aliphatic carbocycles. The second-order valence-electron chi connectivity index (χ2n) is 3.92. The van der Waals surface area contributed by atoms with E-state index in [1.54, 1.807) is 42.8 Å². The highest BCUT2D eigenvalue weighted by molar-refractivity contribution is 7.11. The summed E-state index contributed by atoms with van der Waals surface area (Å²) in [6, 6.07) is 7.52. The van der Waals surface area contributed by atoms with Gasteiger partial charge in [-0.15, -0.1) is 11.3 Å². The zero-order valence-electron chi connectivity index (χ0n) is 10.2. The largest absolute Gasteiger partial charge is 0.479 e. The monoisotopic (exact) mass is 276 g/mol. The number of aryl methyl sites for hydroxylation is 1. The van der Waals surface area contributed by atoms with Gasteiger partial charge in [0.25, 0.3) is 5.91 Å². The fraction of sp³-hybridized carbons (Fsp3) is 0.154. The first-order valence-electron chi connectivity index (χ1n) is 5.58. The Morgan fingerprint density at radius 1 is 1.32 bits per heavy atom. The van der Waals surface area contributed by atoms with Gasteiger partial charge in [-0.1, -0.05) is 30.3 Å². The number of hydrogen-bond acceptors (Lipinski definition) is 4. The van der Waals surface area contributed by atoms with E-state index < -0.39 is 17.9 Å². The quantitative estimate of drug-likeness (QED) is 0.895. The van der Waals surface area contributed by atoms with Crippen LogP contribution >= 0.6 is 11.3 Å². The number of hydrogen-bond donors (Lipinski definition) is 2. The zero-order chi connectivity index (χ0) is 13.8. The third kappa shape index (κ3) is 2.97. The van der Waals surface area contributed by atoms with Crippen LogP contribution in [0.1, 0.15) is 27.0 Å². The average molecular weight is 276 g/mol. The van der Waals surface area contributed by atoms with E-state index in [-0.39, 0.29) is 0 Å². The Labute approximate surface area is 113 Å².